The van der Waals surface area contributed by atoms with Crippen molar-refractivity contribution in [3.63, 3.8) is 0 Å². The van der Waals surface area contributed by atoms with Gasteiger partial charge in [-0.05, 0) is 35.9 Å². The van der Waals surface area contributed by atoms with E-state index in [4.69, 9.17) is 25.8 Å². The number of hydrogen-bond acceptors (Lipinski definition) is 8. The number of imide groups is 1. The third-order valence-corrected chi connectivity index (χ3v) is 4.79. The van der Waals surface area contributed by atoms with E-state index < -0.39 is 29.3 Å². The number of nitrogens with zero attached hydrogens (tertiary/aromatic N) is 1. The van der Waals surface area contributed by atoms with E-state index in [0.29, 0.717) is 0 Å². The molecule has 0 aliphatic rings. The SMILES string of the molecule is COc1cc(C(=O)OCC(=O)NC(=O)Cc2ccccc2)ccc1Oc1ccc(Cl)cc1[N+](=O)[O-]. The van der Waals surface area contributed by atoms with E-state index in [9.17, 15) is 24.5 Å². The van der Waals surface area contributed by atoms with Crippen molar-refractivity contribution >= 4 is 35.1 Å². The minimum Gasteiger partial charge on any atom is -0.493 e. The number of carbonyl (C=O) groups is 3. The highest BCUT2D eigenvalue weighted by molar-refractivity contribution is 6.30. The number of nitrogens with one attached hydrogen (secondary N) is 1. The first kappa shape index (κ1) is 25.2. The molecule has 2 amide bonds. The molecule has 0 fully saturated rings. The molecule has 35 heavy (non-hydrogen) atoms. The highest BCUT2D eigenvalue weighted by Gasteiger charge is 2.20. The van der Waals surface area contributed by atoms with Crippen LogP contribution in [0.1, 0.15) is 15.9 Å². The van der Waals surface area contributed by atoms with Gasteiger partial charge in [0, 0.05) is 11.1 Å². The highest BCUT2D eigenvalue weighted by Crippen LogP contribution is 2.38. The van der Waals surface area contributed by atoms with Crippen LogP contribution in [0.5, 0.6) is 17.2 Å². The summed E-state index contributed by atoms with van der Waals surface area (Å²) in [6, 6.07) is 16.7. The average Bonchev–Trinajstić information content (AvgIpc) is 2.84. The molecule has 0 aliphatic carbocycles. The van der Waals surface area contributed by atoms with Crippen molar-refractivity contribution < 1.29 is 33.5 Å². The number of carbonyl (C=O) groups excluding carboxylic acids is 3. The van der Waals surface area contributed by atoms with Crippen LogP contribution in [0.25, 0.3) is 0 Å². The van der Waals surface area contributed by atoms with Crippen LogP contribution in [0.15, 0.2) is 66.7 Å². The molecule has 0 radical (unpaired) electrons. The molecule has 3 aromatic rings. The first-order valence-electron chi connectivity index (χ1n) is 10.1. The fourth-order valence-corrected chi connectivity index (χ4v) is 3.11. The Hall–Kier alpha value is -4.44. The molecular weight excluding hydrogens is 480 g/mol. The third kappa shape index (κ3) is 7.02. The first-order chi connectivity index (χ1) is 16.8. The van der Waals surface area contributed by atoms with Crippen molar-refractivity contribution in [1.29, 1.82) is 0 Å². The molecule has 0 saturated carbocycles. The summed E-state index contributed by atoms with van der Waals surface area (Å²) in [6.45, 7) is -0.670. The van der Waals surface area contributed by atoms with Gasteiger partial charge in [0.1, 0.15) is 0 Å². The largest absolute Gasteiger partial charge is 0.493 e. The van der Waals surface area contributed by atoms with Crippen molar-refractivity contribution in [2.45, 2.75) is 6.42 Å². The molecule has 0 unspecified atom stereocenters. The number of amides is 2. The van der Waals surface area contributed by atoms with E-state index in [-0.39, 0.29) is 39.9 Å². The molecular formula is C24H19ClN2O8. The summed E-state index contributed by atoms with van der Waals surface area (Å²) in [5, 5.41) is 13.6. The Bertz CT molecular complexity index is 1260. The summed E-state index contributed by atoms with van der Waals surface area (Å²) in [6.07, 6.45) is 0.00493. The van der Waals surface area contributed by atoms with Gasteiger partial charge in [-0.15, -0.1) is 0 Å². The number of benzene rings is 3. The number of rotatable bonds is 9. The molecule has 0 saturated heterocycles. The van der Waals surface area contributed by atoms with Gasteiger partial charge in [-0.25, -0.2) is 4.79 Å². The Morgan fingerprint density at radius 1 is 0.943 bits per heavy atom. The molecule has 0 atom stereocenters. The molecule has 10 nitrogen and oxygen atoms in total. The second-order valence-corrected chi connectivity index (χ2v) is 7.48. The zero-order valence-corrected chi connectivity index (χ0v) is 19.1. The topological polar surface area (TPSA) is 134 Å². The van der Waals surface area contributed by atoms with Crippen molar-refractivity contribution in [1.82, 2.24) is 5.32 Å². The Morgan fingerprint density at radius 3 is 2.34 bits per heavy atom. The van der Waals surface area contributed by atoms with Gasteiger partial charge in [-0.2, -0.15) is 0 Å². The predicted octanol–water partition coefficient (Wildman–Crippen LogP) is 4.09. The monoisotopic (exact) mass is 498 g/mol. The second-order valence-electron chi connectivity index (χ2n) is 7.05. The highest BCUT2D eigenvalue weighted by atomic mass is 35.5. The van der Waals surface area contributed by atoms with Crippen LogP contribution in [0, 0.1) is 10.1 Å². The summed E-state index contributed by atoms with van der Waals surface area (Å²) in [5.41, 5.74) is 0.409. The smallest absolute Gasteiger partial charge is 0.338 e. The van der Waals surface area contributed by atoms with Crippen molar-refractivity contribution in [2.75, 3.05) is 13.7 Å². The number of nitro groups is 1. The minimum atomic E-state index is -0.849. The molecule has 11 heteroatoms. The Labute approximate surface area is 204 Å². The van der Waals surface area contributed by atoms with E-state index in [1.807, 2.05) is 0 Å². The molecule has 0 aliphatic heterocycles. The van der Waals surface area contributed by atoms with Gasteiger partial charge >= 0.3 is 11.7 Å². The van der Waals surface area contributed by atoms with E-state index in [2.05, 4.69) is 5.32 Å². The molecule has 0 heterocycles. The van der Waals surface area contributed by atoms with Gasteiger partial charge in [0.15, 0.2) is 18.1 Å². The van der Waals surface area contributed by atoms with E-state index in [1.54, 1.807) is 30.3 Å². The number of methoxy groups -OCH3 is 1. The van der Waals surface area contributed by atoms with Crippen LogP contribution in [-0.2, 0) is 20.7 Å². The summed E-state index contributed by atoms with van der Waals surface area (Å²) in [4.78, 5) is 46.9. The standard InChI is InChI=1S/C24H19ClN2O8/c1-33-21-12-16(7-9-20(21)35-19-10-8-17(25)13-18(19)27(31)32)24(30)34-14-23(29)26-22(28)11-15-5-3-2-4-6-15/h2-10,12-13H,11,14H2,1H3,(H,26,28,29). The molecule has 180 valence electrons. The third-order valence-electron chi connectivity index (χ3n) is 4.56. The van der Waals surface area contributed by atoms with Crippen molar-refractivity contribution in [3.8, 4) is 17.2 Å². The Balaban J connectivity index is 1.61. The number of esters is 1. The predicted molar refractivity (Wildman–Crippen MR) is 125 cm³/mol. The van der Waals surface area contributed by atoms with Gasteiger partial charge in [-0.3, -0.25) is 25.0 Å². The van der Waals surface area contributed by atoms with Gasteiger partial charge in [-0.1, -0.05) is 41.9 Å². The van der Waals surface area contributed by atoms with Crippen LogP contribution in [-0.4, -0.2) is 36.4 Å². The molecule has 1 N–H and O–H groups in total. The van der Waals surface area contributed by atoms with Crippen LogP contribution in [0.2, 0.25) is 5.02 Å². The maximum Gasteiger partial charge on any atom is 0.338 e. The van der Waals surface area contributed by atoms with Crippen LogP contribution >= 0.6 is 11.6 Å². The zero-order chi connectivity index (χ0) is 25.4. The maximum atomic E-state index is 12.4. The molecule has 3 aromatic carbocycles. The molecule has 0 bridgehead atoms. The lowest BCUT2D eigenvalue weighted by Gasteiger charge is -2.12. The lowest BCUT2D eigenvalue weighted by atomic mass is 10.1. The normalized spacial score (nSPS) is 10.2. The van der Waals surface area contributed by atoms with E-state index in [1.165, 1.54) is 37.4 Å². The number of hydrogen-bond donors (Lipinski definition) is 1. The van der Waals surface area contributed by atoms with E-state index >= 15 is 0 Å². The zero-order valence-electron chi connectivity index (χ0n) is 18.4. The molecule has 0 aromatic heterocycles. The quantitative estimate of drug-likeness (QED) is 0.265. The summed E-state index contributed by atoms with van der Waals surface area (Å²) in [5.74, 6) is -2.05. The Kier molecular flexibility index (Phi) is 8.36. The minimum absolute atomic E-state index is 0.00493. The van der Waals surface area contributed by atoms with Crippen molar-refractivity contribution in [2.24, 2.45) is 0 Å². The van der Waals surface area contributed by atoms with Crippen LogP contribution in [0.4, 0.5) is 5.69 Å². The van der Waals surface area contributed by atoms with Gasteiger partial charge < -0.3 is 14.2 Å². The number of nitro benzene ring substituents is 1. The van der Waals surface area contributed by atoms with E-state index in [0.717, 1.165) is 11.6 Å². The summed E-state index contributed by atoms with van der Waals surface area (Å²) < 4.78 is 15.8. The Morgan fingerprint density at radius 2 is 1.66 bits per heavy atom. The van der Waals surface area contributed by atoms with Gasteiger partial charge in [0.05, 0.1) is 24.0 Å². The van der Waals surface area contributed by atoms with Crippen molar-refractivity contribution in [3.05, 3.63) is 93.0 Å². The second kappa shape index (κ2) is 11.6. The lowest BCUT2D eigenvalue weighted by Crippen LogP contribution is -2.35. The fourth-order valence-electron chi connectivity index (χ4n) is 2.95. The molecule has 3 rings (SSSR count). The maximum absolute atomic E-state index is 12.4. The van der Waals surface area contributed by atoms with Crippen LogP contribution < -0.4 is 14.8 Å². The van der Waals surface area contributed by atoms with Gasteiger partial charge in [0.2, 0.25) is 11.7 Å². The average molecular weight is 499 g/mol. The number of ether oxygens (including phenoxy) is 3. The summed E-state index contributed by atoms with van der Waals surface area (Å²) in [7, 11) is 1.32. The molecule has 0 spiro atoms. The van der Waals surface area contributed by atoms with Crippen LogP contribution in [0.3, 0.4) is 0 Å². The first-order valence-corrected chi connectivity index (χ1v) is 10.5. The fraction of sp³-hybridized carbons (Fsp3) is 0.125. The number of halogens is 1. The lowest BCUT2D eigenvalue weighted by molar-refractivity contribution is -0.385. The summed E-state index contributed by atoms with van der Waals surface area (Å²) >= 11 is 5.81. The van der Waals surface area contributed by atoms with Gasteiger partial charge in [0.25, 0.3) is 5.91 Å².